The molecule has 21 heavy (non-hydrogen) atoms. The summed E-state index contributed by atoms with van der Waals surface area (Å²) >= 11 is 5.75. The van der Waals surface area contributed by atoms with Gasteiger partial charge in [-0.1, -0.05) is 11.6 Å². The molecule has 1 heterocycles. The van der Waals surface area contributed by atoms with Crippen LogP contribution in [0.3, 0.4) is 0 Å². The Balaban J connectivity index is 2.33. The van der Waals surface area contributed by atoms with Crippen LogP contribution in [0.5, 0.6) is 0 Å². The molecule has 1 N–H and O–H groups in total. The number of carbonyl (C=O) groups is 1. The van der Waals surface area contributed by atoms with Gasteiger partial charge in [0, 0.05) is 11.3 Å². The van der Waals surface area contributed by atoms with E-state index in [0.29, 0.717) is 5.69 Å². The third-order valence-electron chi connectivity index (χ3n) is 2.59. The number of benzene rings is 1. The molecule has 0 aliphatic carbocycles. The molecule has 2 aromatic rings. The molecule has 0 saturated carbocycles. The fourth-order valence-corrected chi connectivity index (χ4v) is 1.97. The van der Waals surface area contributed by atoms with E-state index in [-0.39, 0.29) is 16.4 Å². The lowest BCUT2D eigenvalue weighted by Crippen LogP contribution is -2.13. The Kier molecular flexibility index (Phi) is 4.13. The van der Waals surface area contributed by atoms with Gasteiger partial charge in [-0.25, -0.2) is 9.37 Å². The number of nitrogens with zero attached hydrogens (tertiary/aromatic N) is 2. The summed E-state index contributed by atoms with van der Waals surface area (Å²) < 4.78 is 13.0. The van der Waals surface area contributed by atoms with Crippen LogP contribution in [0.15, 0.2) is 30.3 Å². The van der Waals surface area contributed by atoms with Gasteiger partial charge in [0.05, 0.1) is 11.0 Å². The smallest absolute Gasteiger partial charge is 0.295 e. The largest absolute Gasteiger partial charge is 0.316 e. The van der Waals surface area contributed by atoms with Crippen molar-refractivity contribution in [3.8, 4) is 0 Å². The average molecular weight is 310 g/mol. The molecule has 1 amide bonds. The first-order chi connectivity index (χ1) is 9.86. The van der Waals surface area contributed by atoms with Crippen molar-refractivity contribution in [3.05, 3.63) is 62.7 Å². The van der Waals surface area contributed by atoms with Crippen LogP contribution < -0.4 is 5.32 Å². The Morgan fingerprint density at radius 3 is 2.71 bits per heavy atom. The monoisotopic (exact) mass is 309 g/mol. The number of hydrogen-bond acceptors (Lipinski definition) is 4. The van der Waals surface area contributed by atoms with E-state index in [4.69, 9.17) is 11.6 Å². The van der Waals surface area contributed by atoms with Crippen LogP contribution in [0.4, 0.5) is 15.8 Å². The van der Waals surface area contributed by atoms with Crippen LogP contribution in [0.2, 0.25) is 5.15 Å². The minimum absolute atomic E-state index is 0.100. The molecule has 1 aromatic heterocycles. The Bertz CT molecular complexity index is 716. The number of nitro benzene ring substituents is 1. The molecule has 0 unspecified atom stereocenters. The van der Waals surface area contributed by atoms with E-state index in [1.54, 1.807) is 6.92 Å². The maximum Gasteiger partial charge on any atom is 0.295 e. The van der Waals surface area contributed by atoms with Crippen molar-refractivity contribution >= 4 is 28.9 Å². The number of aryl methyl sites for hydroxylation is 1. The van der Waals surface area contributed by atoms with Crippen LogP contribution in [-0.4, -0.2) is 15.8 Å². The lowest BCUT2D eigenvalue weighted by Gasteiger charge is -2.07. The number of pyridine rings is 1. The number of aromatic nitrogens is 1. The Hall–Kier alpha value is -2.54. The maximum absolute atomic E-state index is 13.0. The minimum Gasteiger partial charge on any atom is -0.316 e. The van der Waals surface area contributed by atoms with Crippen molar-refractivity contribution in [1.82, 2.24) is 4.98 Å². The number of halogens is 2. The van der Waals surface area contributed by atoms with Gasteiger partial charge in [0.25, 0.3) is 11.6 Å². The Morgan fingerprint density at radius 2 is 2.10 bits per heavy atom. The molecule has 0 aliphatic heterocycles. The molecule has 1 aromatic carbocycles. The molecule has 0 aliphatic rings. The SMILES string of the molecule is Cc1cc(C(=O)Nc2ccc(F)cc2[N+](=O)[O-])cc(Cl)n1. The molecule has 2 rings (SSSR count). The quantitative estimate of drug-likeness (QED) is 0.535. The second-order valence-electron chi connectivity index (χ2n) is 4.19. The first-order valence-electron chi connectivity index (χ1n) is 5.76. The zero-order chi connectivity index (χ0) is 15.6. The highest BCUT2D eigenvalue weighted by Crippen LogP contribution is 2.25. The Morgan fingerprint density at radius 1 is 1.38 bits per heavy atom. The molecule has 0 radical (unpaired) electrons. The molecule has 0 fully saturated rings. The molecule has 8 heteroatoms. The molecule has 108 valence electrons. The molecular weight excluding hydrogens is 301 g/mol. The van der Waals surface area contributed by atoms with E-state index in [0.717, 1.165) is 18.2 Å². The molecule has 0 saturated heterocycles. The van der Waals surface area contributed by atoms with Gasteiger partial charge in [-0.2, -0.15) is 0 Å². The summed E-state index contributed by atoms with van der Waals surface area (Å²) in [5, 5.41) is 13.3. The van der Waals surface area contributed by atoms with Gasteiger partial charge in [0.2, 0.25) is 0 Å². The summed E-state index contributed by atoms with van der Waals surface area (Å²) in [6.45, 7) is 1.66. The van der Waals surface area contributed by atoms with Crippen LogP contribution >= 0.6 is 11.6 Å². The standard InChI is InChI=1S/C13H9ClFN3O3/c1-7-4-8(5-12(14)16-7)13(19)17-10-3-2-9(15)6-11(10)18(20)21/h2-6H,1H3,(H,17,19). The van der Waals surface area contributed by atoms with Crippen molar-refractivity contribution in [2.24, 2.45) is 0 Å². The molecule has 6 nitrogen and oxygen atoms in total. The summed E-state index contributed by atoms with van der Waals surface area (Å²) in [4.78, 5) is 26.1. The van der Waals surface area contributed by atoms with E-state index in [2.05, 4.69) is 10.3 Å². The van der Waals surface area contributed by atoms with Gasteiger partial charge in [0.15, 0.2) is 0 Å². The second kappa shape index (κ2) is 5.84. The number of rotatable bonds is 3. The first kappa shape index (κ1) is 14.9. The summed E-state index contributed by atoms with van der Waals surface area (Å²) in [5.41, 5.74) is 0.101. The van der Waals surface area contributed by atoms with Crippen LogP contribution in [0.1, 0.15) is 16.1 Å². The van der Waals surface area contributed by atoms with Gasteiger partial charge >= 0.3 is 0 Å². The number of nitro groups is 1. The Labute approximate surface area is 123 Å². The van der Waals surface area contributed by atoms with Crippen molar-refractivity contribution in [2.45, 2.75) is 6.92 Å². The number of amides is 1. The summed E-state index contributed by atoms with van der Waals surface area (Å²) in [5.74, 6) is -1.36. The van der Waals surface area contributed by atoms with Crippen LogP contribution in [-0.2, 0) is 0 Å². The van der Waals surface area contributed by atoms with Crippen molar-refractivity contribution in [1.29, 1.82) is 0 Å². The third kappa shape index (κ3) is 3.51. The zero-order valence-corrected chi connectivity index (χ0v) is 11.5. The lowest BCUT2D eigenvalue weighted by atomic mass is 10.2. The fraction of sp³-hybridized carbons (Fsp3) is 0.0769. The van der Waals surface area contributed by atoms with E-state index < -0.39 is 22.3 Å². The van der Waals surface area contributed by atoms with Gasteiger partial charge in [-0.15, -0.1) is 0 Å². The highest BCUT2D eigenvalue weighted by molar-refractivity contribution is 6.29. The molecule has 0 spiro atoms. The van der Waals surface area contributed by atoms with E-state index >= 15 is 0 Å². The molecular formula is C13H9ClFN3O3. The zero-order valence-electron chi connectivity index (χ0n) is 10.8. The number of anilines is 1. The van der Waals surface area contributed by atoms with E-state index in [1.165, 1.54) is 12.1 Å². The van der Waals surface area contributed by atoms with E-state index in [9.17, 15) is 19.3 Å². The normalized spacial score (nSPS) is 10.2. The summed E-state index contributed by atoms with van der Waals surface area (Å²) in [7, 11) is 0. The number of carbonyl (C=O) groups excluding carboxylic acids is 1. The van der Waals surface area contributed by atoms with Crippen LogP contribution in [0.25, 0.3) is 0 Å². The predicted molar refractivity (Wildman–Crippen MR) is 75.0 cm³/mol. The molecule has 0 atom stereocenters. The van der Waals surface area contributed by atoms with Gasteiger partial charge < -0.3 is 5.32 Å². The highest BCUT2D eigenvalue weighted by Gasteiger charge is 2.18. The van der Waals surface area contributed by atoms with Crippen molar-refractivity contribution in [3.63, 3.8) is 0 Å². The second-order valence-corrected chi connectivity index (χ2v) is 4.58. The summed E-state index contributed by atoms with van der Waals surface area (Å²) in [6.07, 6.45) is 0. The fourth-order valence-electron chi connectivity index (χ4n) is 1.72. The number of nitrogens with one attached hydrogen (secondary N) is 1. The van der Waals surface area contributed by atoms with Gasteiger partial charge in [0.1, 0.15) is 16.7 Å². The van der Waals surface area contributed by atoms with Gasteiger partial charge in [-0.05, 0) is 31.2 Å². The topological polar surface area (TPSA) is 85.1 Å². The minimum atomic E-state index is -0.774. The average Bonchev–Trinajstić information content (AvgIpc) is 2.39. The lowest BCUT2D eigenvalue weighted by molar-refractivity contribution is -0.384. The van der Waals surface area contributed by atoms with Crippen molar-refractivity contribution in [2.75, 3.05) is 5.32 Å². The van der Waals surface area contributed by atoms with E-state index in [1.807, 2.05) is 0 Å². The van der Waals surface area contributed by atoms with Crippen molar-refractivity contribution < 1.29 is 14.1 Å². The summed E-state index contributed by atoms with van der Waals surface area (Å²) in [6, 6.07) is 5.70. The number of hydrogen-bond donors (Lipinski definition) is 1. The first-order valence-corrected chi connectivity index (χ1v) is 6.14. The van der Waals surface area contributed by atoms with Gasteiger partial charge in [-0.3, -0.25) is 14.9 Å². The molecule has 0 bridgehead atoms. The maximum atomic E-state index is 13.0. The highest BCUT2D eigenvalue weighted by atomic mass is 35.5. The van der Waals surface area contributed by atoms with Crippen LogP contribution in [0, 0.1) is 22.9 Å². The third-order valence-corrected chi connectivity index (χ3v) is 2.78. The predicted octanol–water partition coefficient (Wildman–Crippen LogP) is 3.34.